The van der Waals surface area contributed by atoms with Gasteiger partial charge in [-0.15, -0.1) is 0 Å². The lowest BCUT2D eigenvalue weighted by atomic mass is 10.1. The van der Waals surface area contributed by atoms with E-state index >= 15 is 0 Å². The highest BCUT2D eigenvalue weighted by Gasteiger charge is 2.35. The molecule has 162 valence electrons. The van der Waals surface area contributed by atoms with Crippen LogP contribution in [0, 0.1) is 13.8 Å². The fraction of sp³-hybridized carbons (Fsp3) is 0.259. The molecule has 1 aromatic heterocycles. The van der Waals surface area contributed by atoms with Crippen molar-refractivity contribution < 1.29 is 9.53 Å². The Labute approximate surface area is 188 Å². The third-order valence-corrected chi connectivity index (χ3v) is 6.56. The van der Waals surface area contributed by atoms with E-state index in [-0.39, 0.29) is 11.8 Å². The number of nitrogens with zero attached hydrogens (tertiary/aromatic N) is 3. The molecular formula is C27H27N3O2. The van der Waals surface area contributed by atoms with Crippen LogP contribution in [0.5, 0.6) is 5.75 Å². The minimum Gasteiger partial charge on any atom is -0.496 e. The molecule has 5 heteroatoms. The van der Waals surface area contributed by atoms with Gasteiger partial charge in [-0.05, 0) is 49.2 Å². The summed E-state index contributed by atoms with van der Waals surface area (Å²) in [7, 11) is 1.70. The molecule has 1 saturated heterocycles. The molecule has 1 aliphatic rings. The zero-order valence-corrected chi connectivity index (χ0v) is 18.7. The van der Waals surface area contributed by atoms with Gasteiger partial charge in [0.05, 0.1) is 24.7 Å². The van der Waals surface area contributed by atoms with Crippen molar-refractivity contribution in [3.63, 3.8) is 0 Å². The molecule has 3 aromatic carbocycles. The molecule has 2 heterocycles. The minimum atomic E-state index is 0.0320. The van der Waals surface area contributed by atoms with Gasteiger partial charge in [0.25, 0.3) is 0 Å². The van der Waals surface area contributed by atoms with E-state index in [2.05, 4.69) is 36.6 Å². The summed E-state index contributed by atoms with van der Waals surface area (Å²) >= 11 is 0. The van der Waals surface area contributed by atoms with E-state index in [0.29, 0.717) is 19.5 Å². The number of aromatic nitrogens is 2. The largest absolute Gasteiger partial charge is 0.496 e. The molecule has 1 fully saturated rings. The standard InChI is InChI=1S/C27H27N3O2/c1-18-9-8-13-23(19(18)2)29-17-21(15-26(29)31)27-28-22-11-5-6-12-24(22)30(27)16-20-10-4-7-14-25(20)32-3/h4-14,21H,15-17H2,1-3H3. The van der Waals surface area contributed by atoms with Crippen molar-refractivity contribution in [3.05, 3.63) is 89.2 Å². The molecule has 1 atom stereocenters. The Kier molecular flexibility index (Phi) is 5.17. The monoisotopic (exact) mass is 425 g/mol. The van der Waals surface area contributed by atoms with Gasteiger partial charge in [0.15, 0.2) is 0 Å². The third kappa shape index (κ3) is 3.44. The average molecular weight is 426 g/mol. The van der Waals surface area contributed by atoms with Crippen LogP contribution >= 0.6 is 0 Å². The lowest BCUT2D eigenvalue weighted by Gasteiger charge is -2.20. The zero-order valence-electron chi connectivity index (χ0n) is 18.7. The maximum atomic E-state index is 13.1. The van der Waals surface area contributed by atoms with Crippen LogP contribution < -0.4 is 9.64 Å². The van der Waals surface area contributed by atoms with Crippen LogP contribution in [0.2, 0.25) is 0 Å². The van der Waals surface area contributed by atoms with Crippen molar-refractivity contribution >= 4 is 22.6 Å². The van der Waals surface area contributed by atoms with Crippen molar-refractivity contribution in [2.45, 2.75) is 32.7 Å². The minimum absolute atomic E-state index is 0.0320. The molecular weight excluding hydrogens is 398 g/mol. The summed E-state index contributed by atoms with van der Waals surface area (Å²) in [4.78, 5) is 20.0. The summed E-state index contributed by atoms with van der Waals surface area (Å²) in [5.74, 6) is 2.00. The number of imidazole rings is 1. The predicted molar refractivity (Wildman–Crippen MR) is 127 cm³/mol. The van der Waals surface area contributed by atoms with Gasteiger partial charge in [0, 0.05) is 30.1 Å². The average Bonchev–Trinajstić information content (AvgIpc) is 3.37. The molecule has 0 radical (unpaired) electrons. The van der Waals surface area contributed by atoms with E-state index < -0.39 is 0 Å². The summed E-state index contributed by atoms with van der Waals surface area (Å²) in [5, 5.41) is 0. The van der Waals surface area contributed by atoms with Crippen LogP contribution in [0.15, 0.2) is 66.7 Å². The molecule has 0 bridgehead atoms. The number of rotatable bonds is 5. The highest BCUT2D eigenvalue weighted by atomic mass is 16.5. The number of anilines is 1. The van der Waals surface area contributed by atoms with Crippen molar-refractivity contribution in [1.29, 1.82) is 0 Å². The molecule has 0 N–H and O–H groups in total. The van der Waals surface area contributed by atoms with E-state index in [1.165, 1.54) is 5.56 Å². The van der Waals surface area contributed by atoms with E-state index in [4.69, 9.17) is 9.72 Å². The van der Waals surface area contributed by atoms with E-state index in [1.807, 2.05) is 53.4 Å². The third-order valence-electron chi connectivity index (χ3n) is 6.56. The molecule has 1 unspecified atom stereocenters. The Bertz CT molecular complexity index is 1310. The van der Waals surface area contributed by atoms with Gasteiger partial charge >= 0.3 is 0 Å². The number of ether oxygens (including phenoxy) is 1. The van der Waals surface area contributed by atoms with Gasteiger partial charge in [-0.2, -0.15) is 0 Å². The second-order valence-corrected chi connectivity index (χ2v) is 8.48. The Morgan fingerprint density at radius 2 is 1.78 bits per heavy atom. The smallest absolute Gasteiger partial charge is 0.227 e. The fourth-order valence-corrected chi connectivity index (χ4v) is 4.72. The number of carbonyl (C=O) groups excluding carboxylic acids is 1. The first-order valence-electron chi connectivity index (χ1n) is 11.0. The van der Waals surface area contributed by atoms with Crippen molar-refractivity contribution in [2.75, 3.05) is 18.6 Å². The molecule has 5 nitrogen and oxygen atoms in total. The second kappa shape index (κ2) is 8.15. The summed E-state index contributed by atoms with van der Waals surface area (Å²) in [6, 6.07) is 22.4. The number of fused-ring (bicyclic) bond motifs is 1. The zero-order chi connectivity index (χ0) is 22.2. The molecule has 0 aliphatic carbocycles. The molecule has 32 heavy (non-hydrogen) atoms. The summed E-state index contributed by atoms with van der Waals surface area (Å²) < 4.78 is 7.84. The van der Waals surface area contributed by atoms with Gasteiger partial charge in [-0.1, -0.05) is 42.5 Å². The first-order valence-corrected chi connectivity index (χ1v) is 11.0. The molecule has 5 rings (SSSR count). The van der Waals surface area contributed by atoms with Crippen LogP contribution in [-0.2, 0) is 11.3 Å². The fourth-order valence-electron chi connectivity index (χ4n) is 4.72. The normalized spacial score (nSPS) is 16.2. The number of hydrogen-bond donors (Lipinski definition) is 0. The first-order chi connectivity index (χ1) is 15.6. The Hall–Kier alpha value is -3.60. The molecule has 1 amide bonds. The van der Waals surface area contributed by atoms with Gasteiger partial charge in [-0.25, -0.2) is 4.98 Å². The van der Waals surface area contributed by atoms with Gasteiger partial charge < -0.3 is 14.2 Å². The van der Waals surface area contributed by atoms with Crippen LogP contribution in [0.25, 0.3) is 11.0 Å². The molecule has 4 aromatic rings. The Balaban J connectivity index is 1.55. The van der Waals surface area contributed by atoms with Crippen molar-refractivity contribution in [2.24, 2.45) is 0 Å². The Morgan fingerprint density at radius 1 is 1.00 bits per heavy atom. The number of amides is 1. The van der Waals surface area contributed by atoms with Crippen molar-refractivity contribution in [3.8, 4) is 5.75 Å². The lowest BCUT2D eigenvalue weighted by molar-refractivity contribution is -0.117. The van der Waals surface area contributed by atoms with Gasteiger partial charge in [0.1, 0.15) is 11.6 Å². The van der Waals surface area contributed by atoms with Crippen LogP contribution in [0.1, 0.15) is 34.9 Å². The quantitative estimate of drug-likeness (QED) is 0.440. The molecule has 0 saturated carbocycles. The highest BCUT2D eigenvalue weighted by Crippen LogP contribution is 2.35. The predicted octanol–water partition coefficient (Wildman–Crippen LogP) is 5.23. The number of para-hydroxylation sites is 3. The maximum Gasteiger partial charge on any atom is 0.227 e. The number of carbonyl (C=O) groups is 1. The Morgan fingerprint density at radius 3 is 2.62 bits per heavy atom. The van der Waals surface area contributed by atoms with Gasteiger partial charge in [0.2, 0.25) is 5.91 Å². The van der Waals surface area contributed by atoms with Gasteiger partial charge in [-0.3, -0.25) is 4.79 Å². The number of hydrogen-bond acceptors (Lipinski definition) is 3. The summed E-state index contributed by atoms with van der Waals surface area (Å²) in [6.45, 7) is 5.46. The lowest BCUT2D eigenvalue weighted by Crippen LogP contribution is -2.25. The number of methoxy groups -OCH3 is 1. The van der Waals surface area contributed by atoms with Crippen LogP contribution in [0.4, 0.5) is 5.69 Å². The first kappa shape index (κ1) is 20.3. The molecule has 0 spiro atoms. The second-order valence-electron chi connectivity index (χ2n) is 8.48. The summed E-state index contributed by atoms with van der Waals surface area (Å²) in [5.41, 5.74) is 6.48. The van der Waals surface area contributed by atoms with Crippen LogP contribution in [-0.4, -0.2) is 29.1 Å². The SMILES string of the molecule is COc1ccccc1Cn1c(C2CC(=O)N(c3cccc(C)c3C)C2)nc2ccccc21. The van der Waals surface area contributed by atoms with E-state index in [1.54, 1.807) is 7.11 Å². The summed E-state index contributed by atoms with van der Waals surface area (Å²) in [6.07, 6.45) is 0.461. The highest BCUT2D eigenvalue weighted by molar-refractivity contribution is 5.97. The number of benzene rings is 3. The topological polar surface area (TPSA) is 47.4 Å². The molecule has 1 aliphatic heterocycles. The number of aryl methyl sites for hydroxylation is 1. The van der Waals surface area contributed by atoms with Crippen LogP contribution in [0.3, 0.4) is 0 Å². The van der Waals surface area contributed by atoms with Crippen molar-refractivity contribution in [1.82, 2.24) is 9.55 Å². The maximum absolute atomic E-state index is 13.1. The van der Waals surface area contributed by atoms with E-state index in [0.717, 1.165) is 39.4 Å². The van der Waals surface area contributed by atoms with E-state index in [9.17, 15) is 4.79 Å².